The van der Waals surface area contributed by atoms with Crippen LogP contribution in [-0.4, -0.2) is 25.4 Å². The molecule has 1 aromatic rings. The van der Waals surface area contributed by atoms with Gasteiger partial charge < -0.3 is 10.1 Å². The summed E-state index contributed by atoms with van der Waals surface area (Å²) in [5, 5.41) is 3.33. The van der Waals surface area contributed by atoms with Gasteiger partial charge in [-0.1, -0.05) is 11.6 Å². The number of amides is 1. The summed E-state index contributed by atoms with van der Waals surface area (Å²) in [4.78, 5) is 10.9. The van der Waals surface area contributed by atoms with E-state index in [1.165, 1.54) is 0 Å². The van der Waals surface area contributed by atoms with Crippen LogP contribution in [0.25, 0.3) is 0 Å². The van der Waals surface area contributed by atoms with Crippen LogP contribution < -0.4 is 10.1 Å². The van der Waals surface area contributed by atoms with Gasteiger partial charge in [0.15, 0.2) is 0 Å². The Bertz CT molecular complexity index is 369. The van der Waals surface area contributed by atoms with Crippen molar-refractivity contribution in [2.24, 2.45) is 0 Å². The molecule has 0 atom stereocenters. The van der Waals surface area contributed by atoms with Crippen LogP contribution in [0.15, 0.2) is 18.2 Å². The van der Waals surface area contributed by atoms with Crippen LogP contribution in [0.1, 0.15) is 5.56 Å². The van der Waals surface area contributed by atoms with E-state index >= 15 is 0 Å². The zero-order valence-corrected chi connectivity index (χ0v) is 10.4. The molecule has 5 heteroatoms. The van der Waals surface area contributed by atoms with Crippen LogP contribution in [0, 0.1) is 0 Å². The van der Waals surface area contributed by atoms with Crippen molar-refractivity contribution < 1.29 is 9.53 Å². The lowest BCUT2D eigenvalue weighted by atomic mass is 10.1. The SMILES string of the molecule is COc1ccc(Cl)cc1CCNC(=O)CCl. The molecular weight excluding hydrogens is 249 g/mol. The first-order valence-electron chi connectivity index (χ1n) is 4.82. The molecule has 0 bridgehead atoms. The van der Waals surface area contributed by atoms with Crippen LogP contribution in [0.5, 0.6) is 5.75 Å². The molecule has 0 saturated carbocycles. The highest BCUT2D eigenvalue weighted by Crippen LogP contribution is 2.22. The standard InChI is InChI=1S/C11H13Cl2NO2/c1-16-10-3-2-9(13)6-8(10)4-5-14-11(15)7-12/h2-3,6H,4-5,7H2,1H3,(H,14,15). The summed E-state index contributed by atoms with van der Waals surface area (Å²) in [5.41, 5.74) is 0.963. The Morgan fingerprint density at radius 3 is 2.88 bits per heavy atom. The number of hydrogen-bond donors (Lipinski definition) is 1. The highest BCUT2D eigenvalue weighted by Gasteiger charge is 2.04. The molecule has 0 unspecified atom stereocenters. The Kier molecular flexibility index (Phi) is 5.43. The quantitative estimate of drug-likeness (QED) is 0.826. The van der Waals surface area contributed by atoms with Crippen LogP contribution in [0.2, 0.25) is 5.02 Å². The molecule has 0 heterocycles. The Morgan fingerprint density at radius 1 is 1.50 bits per heavy atom. The van der Waals surface area contributed by atoms with Crippen molar-refractivity contribution in [3.63, 3.8) is 0 Å². The van der Waals surface area contributed by atoms with Gasteiger partial charge in [0.05, 0.1) is 7.11 Å². The van der Waals surface area contributed by atoms with E-state index in [9.17, 15) is 4.79 Å². The van der Waals surface area contributed by atoms with Crippen molar-refractivity contribution >= 4 is 29.1 Å². The maximum absolute atomic E-state index is 10.9. The Hall–Kier alpha value is -0.930. The van der Waals surface area contributed by atoms with Gasteiger partial charge in [-0.2, -0.15) is 0 Å². The summed E-state index contributed by atoms with van der Waals surface area (Å²) in [6.07, 6.45) is 0.659. The van der Waals surface area contributed by atoms with Gasteiger partial charge in [-0.25, -0.2) is 0 Å². The smallest absolute Gasteiger partial charge is 0.234 e. The van der Waals surface area contributed by atoms with E-state index in [0.717, 1.165) is 11.3 Å². The third-order valence-corrected chi connectivity index (χ3v) is 2.56. The summed E-state index contributed by atoms with van der Waals surface area (Å²) < 4.78 is 5.19. The zero-order chi connectivity index (χ0) is 12.0. The molecule has 0 radical (unpaired) electrons. The van der Waals surface area contributed by atoms with Gasteiger partial charge in [-0.3, -0.25) is 4.79 Å². The molecule has 0 aliphatic heterocycles. The van der Waals surface area contributed by atoms with Crippen molar-refractivity contribution in [2.75, 3.05) is 19.5 Å². The lowest BCUT2D eigenvalue weighted by molar-refractivity contribution is -0.118. The number of carbonyl (C=O) groups is 1. The van der Waals surface area contributed by atoms with E-state index < -0.39 is 0 Å². The number of methoxy groups -OCH3 is 1. The molecular formula is C11H13Cl2NO2. The monoisotopic (exact) mass is 261 g/mol. The average molecular weight is 262 g/mol. The highest BCUT2D eigenvalue weighted by molar-refractivity contribution is 6.30. The Morgan fingerprint density at radius 2 is 2.25 bits per heavy atom. The molecule has 1 rings (SSSR count). The number of benzene rings is 1. The Balaban J connectivity index is 2.58. The minimum absolute atomic E-state index is 0.0212. The average Bonchev–Trinajstić information content (AvgIpc) is 2.29. The molecule has 0 aliphatic rings. The lowest BCUT2D eigenvalue weighted by Gasteiger charge is -2.09. The molecule has 88 valence electrons. The molecule has 1 aromatic carbocycles. The normalized spacial score (nSPS) is 9.94. The van der Waals surface area contributed by atoms with E-state index in [-0.39, 0.29) is 11.8 Å². The molecule has 0 fully saturated rings. The predicted octanol–water partition coefficient (Wildman–Crippen LogP) is 2.25. The molecule has 1 amide bonds. The first-order chi connectivity index (χ1) is 7.67. The molecule has 16 heavy (non-hydrogen) atoms. The van der Waals surface area contributed by atoms with E-state index in [1.807, 2.05) is 6.07 Å². The number of alkyl halides is 1. The van der Waals surface area contributed by atoms with Crippen LogP contribution in [0.3, 0.4) is 0 Å². The van der Waals surface area contributed by atoms with E-state index in [4.69, 9.17) is 27.9 Å². The summed E-state index contributed by atoms with van der Waals surface area (Å²) in [5.74, 6) is 0.569. The molecule has 0 aliphatic carbocycles. The fourth-order valence-electron chi connectivity index (χ4n) is 1.33. The highest BCUT2D eigenvalue weighted by atomic mass is 35.5. The van der Waals surface area contributed by atoms with Gasteiger partial charge in [-0.05, 0) is 30.2 Å². The third-order valence-electron chi connectivity index (χ3n) is 2.08. The van der Waals surface area contributed by atoms with Crippen LogP contribution in [-0.2, 0) is 11.2 Å². The largest absolute Gasteiger partial charge is 0.496 e. The number of carbonyl (C=O) groups excluding carboxylic acids is 1. The van der Waals surface area contributed by atoms with Crippen molar-refractivity contribution in [2.45, 2.75) is 6.42 Å². The molecule has 0 aromatic heterocycles. The summed E-state index contributed by atoms with van der Waals surface area (Å²) in [6, 6.07) is 5.40. The maximum atomic E-state index is 10.9. The molecule has 0 saturated heterocycles. The summed E-state index contributed by atoms with van der Waals surface area (Å²) in [6.45, 7) is 0.516. The van der Waals surface area contributed by atoms with Crippen molar-refractivity contribution in [3.05, 3.63) is 28.8 Å². The number of nitrogens with one attached hydrogen (secondary N) is 1. The second kappa shape index (κ2) is 6.61. The van der Waals surface area contributed by atoms with Crippen LogP contribution >= 0.6 is 23.2 Å². The van der Waals surface area contributed by atoms with Gasteiger partial charge in [0, 0.05) is 11.6 Å². The van der Waals surface area contributed by atoms with Crippen molar-refractivity contribution in [1.82, 2.24) is 5.32 Å². The van der Waals surface area contributed by atoms with Gasteiger partial charge in [0.1, 0.15) is 11.6 Å². The number of halogens is 2. The Labute approximate surface area is 105 Å². The molecule has 0 spiro atoms. The van der Waals surface area contributed by atoms with E-state index in [2.05, 4.69) is 5.32 Å². The van der Waals surface area contributed by atoms with E-state index in [0.29, 0.717) is 18.0 Å². The lowest BCUT2D eigenvalue weighted by Crippen LogP contribution is -2.26. The third kappa shape index (κ3) is 3.91. The molecule has 3 nitrogen and oxygen atoms in total. The second-order valence-electron chi connectivity index (χ2n) is 3.19. The van der Waals surface area contributed by atoms with Crippen molar-refractivity contribution in [1.29, 1.82) is 0 Å². The van der Waals surface area contributed by atoms with Gasteiger partial charge in [0.2, 0.25) is 5.91 Å². The number of rotatable bonds is 5. The van der Waals surface area contributed by atoms with Crippen molar-refractivity contribution in [3.8, 4) is 5.75 Å². The van der Waals surface area contributed by atoms with Crippen LogP contribution in [0.4, 0.5) is 0 Å². The summed E-state index contributed by atoms with van der Waals surface area (Å²) in [7, 11) is 1.60. The minimum atomic E-state index is -0.178. The van der Waals surface area contributed by atoms with Gasteiger partial charge in [-0.15, -0.1) is 11.6 Å². The topological polar surface area (TPSA) is 38.3 Å². The van der Waals surface area contributed by atoms with Gasteiger partial charge >= 0.3 is 0 Å². The zero-order valence-electron chi connectivity index (χ0n) is 8.93. The summed E-state index contributed by atoms with van der Waals surface area (Å²) >= 11 is 11.2. The first kappa shape index (κ1) is 13.1. The molecule has 1 N–H and O–H groups in total. The minimum Gasteiger partial charge on any atom is -0.496 e. The first-order valence-corrected chi connectivity index (χ1v) is 5.73. The fourth-order valence-corrected chi connectivity index (χ4v) is 1.62. The number of ether oxygens (including phenoxy) is 1. The van der Waals surface area contributed by atoms with E-state index in [1.54, 1.807) is 19.2 Å². The van der Waals surface area contributed by atoms with Gasteiger partial charge in [0.25, 0.3) is 0 Å². The second-order valence-corrected chi connectivity index (χ2v) is 3.89. The number of hydrogen-bond acceptors (Lipinski definition) is 2. The maximum Gasteiger partial charge on any atom is 0.234 e. The fraction of sp³-hybridized carbons (Fsp3) is 0.364. The predicted molar refractivity (Wildman–Crippen MR) is 65.4 cm³/mol.